The van der Waals surface area contributed by atoms with Crippen LogP contribution < -0.4 is 10.0 Å². The van der Waals surface area contributed by atoms with Crippen molar-refractivity contribution in [2.45, 2.75) is 25.2 Å². The minimum atomic E-state index is -3.61. The van der Waals surface area contributed by atoms with Gasteiger partial charge in [0.25, 0.3) is 10.0 Å². The Bertz CT molecular complexity index is 665. The Labute approximate surface area is 122 Å². The molecule has 0 unspecified atom stereocenters. The Morgan fingerprint density at radius 2 is 1.85 bits per heavy atom. The van der Waals surface area contributed by atoms with E-state index >= 15 is 0 Å². The number of nitrogens with one attached hydrogen (secondary N) is 2. The molecule has 0 amide bonds. The molecule has 20 heavy (non-hydrogen) atoms. The number of benzene rings is 1. The number of rotatable bonds is 6. The molecule has 2 rings (SSSR count). The van der Waals surface area contributed by atoms with Crippen LogP contribution in [0.25, 0.3) is 0 Å². The number of sulfonamides is 1. The summed E-state index contributed by atoms with van der Waals surface area (Å²) < 4.78 is 26.8. The van der Waals surface area contributed by atoms with Gasteiger partial charge in [0.15, 0.2) is 0 Å². The average Bonchev–Trinajstić information content (AvgIpc) is 2.87. The number of hydrogen-bond donors (Lipinski definition) is 2. The lowest BCUT2D eigenvalue weighted by Gasteiger charge is -2.06. The van der Waals surface area contributed by atoms with Gasteiger partial charge in [-0.3, -0.25) is 4.72 Å². The minimum absolute atomic E-state index is 0.201. The van der Waals surface area contributed by atoms with Crippen LogP contribution in [0.4, 0.5) is 10.8 Å². The molecule has 0 fully saturated rings. The Balaban J connectivity index is 2.17. The zero-order valence-corrected chi connectivity index (χ0v) is 12.9. The van der Waals surface area contributed by atoms with E-state index in [1.54, 1.807) is 24.3 Å². The molecule has 0 aliphatic carbocycles. The molecule has 0 atom stereocenters. The highest BCUT2D eigenvalue weighted by molar-refractivity contribution is 7.93. The van der Waals surface area contributed by atoms with Crippen molar-refractivity contribution in [3.05, 3.63) is 29.3 Å². The molecule has 0 bridgehead atoms. The molecular formula is C12H16N4O2S2. The van der Waals surface area contributed by atoms with Gasteiger partial charge in [-0.15, -0.1) is 10.2 Å². The van der Waals surface area contributed by atoms with E-state index in [1.165, 1.54) is 11.3 Å². The molecule has 1 aromatic heterocycles. The van der Waals surface area contributed by atoms with Crippen LogP contribution in [-0.2, 0) is 16.4 Å². The van der Waals surface area contributed by atoms with E-state index in [2.05, 4.69) is 20.2 Å². The third-order valence-electron chi connectivity index (χ3n) is 2.54. The molecule has 108 valence electrons. The van der Waals surface area contributed by atoms with Gasteiger partial charge in [-0.05, 0) is 37.6 Å². The van der Waals surface area contributed by atoms with Crippen LogP contribution >= 0.6 is 11.3 Å². The molecule has 0 aliphatic rings. The number of aryl methyl sites for hydroxylation is 1. The van der Waals surface area contributed by atoms with Gasteiger partial charge in [-0.2, -0.15) is 0 Å². The Morgan fingerprint density at radius 3 is 2.40 bits per heavy atom. The van der Waals surface area contributed by atoms with E-state index in [0.29, 0.717) is 0 Å². The van der Waals surface area contributed by atoms with Crippen molar-refractivity contribution in [3.8, 4) is 0 Å². The Hall–Kier alpha value is -1.67. The van der Waals surface area contributed by atoms with Crippen molar-refractivity contribution < 1.29 is 8.42 Å². The SMILES string of the molecule is CCNc1ccc(S(=O)(=O)Nc2nnc(CC)s2)cc1. The van der Waals surface area contributed by atoms with Crippen LogP contribution in [0, 0.1) is 0 Å². The maximum atomic E-state index is 12.2. The van der Waals surface area contributed by atoms with E-state index < -0.39 is 10.0 Å². The molecule has 2 aromatic rings. The summed E-state index contributed by atoms with van der Waals surface area (Å²) in [6.07, 6.45) is 0.733. The van der Waals surface area contributed by atoms with Crippen LogP contribution in [0.3, 0.4) is 0 Å². The summed E-state index contributed by atoms with van der Waals surface area (Å²) >= 11 is 1.24. The number of aromatic nitrogens is 2. The molecular weight excluding hydrogens is 296 g/mol. The molecule has 1 aromatic carbocycles. The second kappa shape index (κ2) is 6.19. The fraction of sp³-hybridized carbons (Fsp3) is 0.333. The van der Waals surface area contributed by atoms with Crippen molar-refractivity contribution >= 4 is 32.2 Å². The summed E-state index contributed by atoms with van der Waals surface area (Å²) in [5, 5.41) is 11.9. The van der Waals surface area contributed by atoms with Gasteiger partial charge >= 0.3 is 0 Å². The molecule has 0 spiro atoms. The summed E-state index contributed by atoms with van der Waals surface area (Å²) in [5.74, 6) is 0. The highest BCUT2D eigenvalue weighted by Crippen LogP contribution is 2.21. The van der Waals surface area contributed by atoms with Crippen molar-refractivity contribution in [2.75, 3.05) is 16.6 Å². The van der Waals surface area contributed by atoms with Gasteiger partial charge in [0, 0.05) is 12.2 Å². The monoisotopic (exact) mass is 312 g/mol. The first kappa shape index (κ1) is 14.7. The molecule has 0 saturated carbocycles. The normalized spacial score (nSPS) is 11.3. The third kappa shape index (κ3) is 3.45. The molecule has 0 aliphatic heterocycles. The maximum absolute atomic E-state index is 12.2. The zero-order chi connectivity index (χ0) is 14.6. The van der Waals surface area contributed by atoms with Crippen molar-refractivity contribution in [1.29, 1.82) is 0 Å². The molecule has 2 N–H and O–H groups in total. The average molecular weight is 312 g/mol. The summed E-state index contributed by atoms with van der Waals surface area (Å²) in [5.41, 5.74) is 0.885. The quantitative estimate of drug-likeness (QED) is 0.855. The predicted molar refractivity (Wildman–Crippen MR) is 80.7 cm³/mol. The van der Waals surface area contributed by atoms with Crippen molar-refractivity contribution in [2.24, 2.45) is 0 Å². The predicted octanol–water partition coefficient (Wildman–Crippen LogP) is 2.33. The van der Waals surface area contributed by atoms with E-state index in [1.807, 2.05) is 13.8 Å². The van der Waals surface area contributed by atoms with Crippen molar-refractivity contribution in [3.63, 3.8) is 0 Å². The second-order valence-electron chi connectivity index (χ2n) is 4.01. The molecule has 6 nitrogen and oxygen atoms in total. The van der Waals surface area contributed by atoms with E-state index in [0.717, 1.165) is 23.7 Å². The molecule has 1 heterocycles. The lowest BCUT2D eigenvalue weighted by atomic mass is 10.3. The van der Waals surface area contributed by atoms with Crippen LogP contribution in [-0.4, -0.2) is 25.2 Å². The number of anilines is 2. The minimum Gasteiger partial charge on any atom is -0.385 e. The Kier molecular flexibility index (Phi) is 4.56. The zero-order valence-electron chi connectivity index (χ0n) is 11.3. The number of hydrogen-bond acceptors (Lipinski definition) is 6. The van der Waals surface area contributed by atoms with Gasteiger partial charge in [-0.1, -0.05) is 18.3 Å². The summed E-state index contributed by atoms with van der Waals surface area (Å²) in [4.78, 5) is 0.201. The first-order valence-electron chi connectivity index (χ1n) is 6.24. The smallest absolute Gasteiger partial charge is 0.263 e. The van der Waals surface area contributed by atoms with Gasteiger partial charge < -0.3 is 5.32 Å². The van der Waals surface area contributed by atoms with Crippen LogP contribution in [0.2, 0.25) is 0 Å². The number of nitrogens with zero attached hydrogens (tertiary/aromatic N) is 2. The lowest BCUT2D eigenvalue weighted by Crippen LogP contribution is -2.12. The first-order valence-corrected chi connectivity index (χ1v) is 8.54. The third-order valence-corrected chi connectivity index (χ3v) is 5.00. The Morgan fingerprint density at radius 1 is 1.15 bits per heavy atom. The van der Waals surface area contributed by atoms with E-state index in [4.69, 9.17) is 0 Å². The van der Waals surface area contributed by atoms with Crippen LogP contribution in [0.15, 0.2) is 29.2 Å². The van der Waals surface area contributed by atoms with Crippen molar-refractivity contribution in [1.82, 2.24) is 10.2 Å². The van der Waals surface area contributed by atoms with E-state index in [-0.39, 0.29) is 10.0 Å². The second-order valence-corrected chi connectivity index (χ2v) is 6.76. The highest BCUT2D eigenvalue weighted by Gasteiger charge is 2.16. The van der Waals surface area contributed by atoms with E-state index in [9.17, 15) is 8.42 Å². The highest BCUT2D eigenvalue weighted by atomic mass is 32.2. The lowest BCUT2D eigenvalue weighted by molar-refractivity contribution is 0.601. The molecule has 0 radical (unpaired) electrons. The van der Waals surface area contributed by atoms with Gasteiger partial charge in [0.1, 0.15) is 5.01 Å². The molecule has 8 heteroatoms. The topological polar surface area (TPSA) is 84.0 Å². The largest absolute Gasteiger partial charge is 0.385 e. The maximum Gasteiger partial charge on any atom is 0.263 e. The molecule has 0 saturated heterocycles. The summed E-state index contributed by atoms with van der Waals surface area (Å²) in [6, 6.07) is 6.58. The van der Waals surface area contributed by atoms with Gasteiger partial charge in [0.2, 0.25) is 5.13 Å². The fourth-order valence-corrected chi connectivity index (χ4v) is 3.48. The van der Waals surface area contributed by atoms with Gasteiger partial charge in [0.05, 0.1) is 4.90 Å². The first-order chi connectivity index (χ1) is 9.55. The summed E-state index contributed by atoms with van der Waals surface area (Å²) in [7, 11) is -3.61. The van der Waals surface area contributed by atoms with Crippen LogP contribution in [0.5, 0.6) is 0 Å². The standard InChI is InChI=1S/C12H16N4O2S2/c1-3-11-14-15-12(19-11)16-20(17,18)10-7-5-9(6-8-10)13-4-2/h5-8,13H,3-4H2,1-2H3,(H,15,16). The van der Waals surface area contributed by atoms with Gasteiger partial charge in [-0.25, -0.2) is 8.42 Å². The van der Waals surface area contributed by atoms with Crippen LogP contribution in [0.1, 0.15) is 18.9 Å². The summed E-state index contributed by atoms with van der Waals surface area (Å²) in [6.45, 7) is 4.71. The fourth-order valence-electron chi connectivity index (χ4n) is 1.57.